The summed E-state index contributed by atoms with van der Waals surface area (Å²) in [7, 11) is 0. The topological polar surface area (TPSA) is 67.9 Å². The number of amides is 1. The van der Waals surface area contributed by atoms with Crippen LogP contribution in [0.3, 0.4) is 0 Å². The van der Waals surface area contributed by atoms with E-state index in [0.29, 0.717) is 18.0 Å². The van der Waals surface area contributed by atoms with Crippen LogP contribution in [0.5, 0.6) is 0 Å². The average Bonchev–Trinajstić information content (AvgIpc) is 2.66. The fourth-order valence-electron chi connectivity index (χ4n) is 2.20. The van der Waals surface area contributed by atoms with Crippen molar-refractivity contribution in [3.05, 3.63) is 35.4 Å². The quantitative estimate of drug-likeness (QED) is 0.599. The first-order valence-corrected chi connectivity index (χ1v) is 6.06. The molecule has 4 nitrogen and oxygen atoms in total. The predicted octanol–water partition coefficient (Wildman–Crippen LogP) is 2.49. The fourth-order valence-corrected chi connectivity index (χ4v) is 2.20. The molecule has 0 saturated carbocycles. The third-order valence-corrected chi connectivity index (χ3v) is 2.94. The van der Waals surface area contributed by atoms with Gasteiger partial charge in [0.25, 0.3) is 5.91 Å². The van der Waals surface area contributed by atoms with Gasteiger partial charge in [0.2, 0.25) is 0 Å². The van der Waals surface area contributed by atoms with E-state index in [1.165, 1.54) is 0 Å². The van der Waals surface area contributed by atoms with Gasteiger partial charge in [-0.2, -0.15) is 10.5 Å². The number of para-hydroxylation sites is 1. The zero-order chi connectivity index (χ0) is 14.0. The number of nitriles is 2. The van der Waals surface area contributed by atoms with Gasteiger partial charge >= 0.3 is 0 Å². The van der Waals surface area contributed by atoms with E-state index in [-0.39, 0.29) is 17.1 Å². The van der Waals surface area contributed by atoms with E-state index in [1.807, 2.05) is 38.1 Å². The van der Waals surface area contributed by atoms with Gasteiger partial charge in [-0.05, 0) is 12.0 Å². The number of fused-ring (bicyclic) bond motifs is 1. The van der Waals surface area contributed by atoms with Gasteiger partial charge in [-0.25, -0.2) is 0 Å². The molecular weight excluding hydrogens is 238 g/mol. The number of benzene rings is 1. The Labute approximate surface area is 112 Å². The maximum absolute atomic E-state index is 12.4. The Morgan fingerprint density at radius 2 is 1.89 bits per heavy atom. The molecule has 94 valence electrons. The molecule has 2 rings (SSSR count). The minimum Gasteiger partial charge on any atom is -0.307 e. The van der Waals surface area contributed by atoms with E-state index < -0.39 is 0 Å². The van der Waals surface area contributed by atoms with Crippen molar-refractivity contribution in [1.29, 1.82) is 10.5 Å². The van der Waals surface area contributed by atoms with E-state index in [9.17, 15) is 4.79 Å². The zero-order valence-corrected chi connectivity index (χ0v) is 10.8. The van der Waals surface area contributed by atoms with Crippen molar-refractivity contribution >= 4 is 17.2 Å². The van der Waals surface area contributed by atoms with Crippen LogP contribution < -0.4 is 4.90 Å². The number of allylic oxidation sites excluding steroid dienone is 1. The highest BCUT2D eigenvalue weighted by molar-refractivity contribution is 6.34. The molecule has 1 heterocycles. The van der Waals surface area contributed by atoms with Crippen molar-refractivity contribution in [2.45, 2.75) is 13.8 Å². The molecule has 0 spiro atoms. The first-order valence-electron chi connectivity index (χ1n) is 6.06. The Hall–Kier alpha value is -2.59. The summed E-state index contributed by atoms with van der Waals surface area (Å²) in [6.07, 6.45) is 0. The van der Waals surface area contributed by atoms with Crippen LogP contribution in [0, 0.1) is 28.6 Å². The lowest BCUT2D eigenvalue weighted by Crippen LogP contribution is -2.30. The second kappa shape index (κ2) is 4.96. The van der Waals surface area contributed by atoms with Crippen LogP contribution in [0.25, 0.3) is 5.57 Å². The molecule has 1 aromatic carbocycles. The molecule has 0 bridgehead atoms. The highest BCUT2D eigenvalue weighted by Crippen LogP contribution is 2.38. The van der Waals surface area contributed by atoms with Crippen LogP contribution in [0.2, 0.25) is 0 Å². The van der Waals surface area contributed by atoms with Crippen molar-refractivity contribution in [1.82, 2.24) is 0 Å². The van der Waals surface area contributed by atoms with Gasteiger partial charge < -0.3 is 4.90 Å². The lowest BCUT2D eigenvalue weighted by atomic mass is 10.0. The number of carbonyl (C=O) groups is 1. The lowest BCUT2D eigenvalue weighted by molar-refractivity contribution is -0.113. The molecule has 0 aromatic heterocycles. The summed E-state index contributed by atoms with van der Waals surface area (Å²) in [5, 5.41) is 18.0. The van der Waals surface area contributed by atoms with E-state index in [1.54, 1.807) is 17.0 Å². The van der Waals surface area contributed by atoms with Crippen LogP contribution in [-0.2, 0) is 4.79 Å². The van der Waals surface area contributed by atoms with Crippen molar-refractivity contribution in [2.24, 2.45) is 5.92 Å². The molecule has 4 heteroatoms. The van der Waals surface area contributed by atoms with Crippen LogP contribution >= 0.6 is 0 Å². The molecule has 0 fully saturated rings. The number of anilines is 1. The van der Waals surface area contributed by atoms with Crippen LogP contribution in [-0.4, -0.2) is 12.5 Å². The standard InChI is InChI=1S/C15H13N3O/c1-10(2)9-18-13-6-4-3-5-12(13)14(15(18)19)11(7-16)8-17/h3-6,10H,9H2,1-2H3. The summed E-state index contributed by atoms with van der Waals surface area (Å²) >= 11 is 0. The number of nitrogens with zero attached hydrogens (tertiary/aromatic N) is 3. The van der Waals surface area contributed by atoms with E-state index in [4.69, 9.17) is 10.5 Å². The summed E-state index contributed by atoms with van der Waals surface area (Å²) < 4.78 is 0. The van der Waals surface area contributed by atoms with Gasteiger partial charge in [0.1, 0.15) is 17.7 Å². The summed E-state index contributed by atoms with van der Waals surface area (Å²) in [6.45, 7) is 4.61. The molecule has 1 aliphatic heterocycles. The largest absolute Gasteiger partial charge is 0.307 e. The highest BCUT2D eigenvalue weighted by atomic mass is 16.2. The smallest absolute Gasteiger partial charge is 0.261 e. The van der Waals surface area contributed by atoms with E-state index >= 15 is 0 Å². The maximum atomic E-state index is 12.4. The summed E-state index contributed by atoms with van der Waals surface area (Å²) in [4.78, 5) is 14.1. The Kier molecular flexibility index (Phi) is 3.35. The zero-order valence-electron chi connectivity index (χ0n) is 10.8. The van der Waals surface area contributed by atoms with Gasteiger partial charge in [-0.3, -0.25) is 4.79 Å². The van der Waals surface area contributed by atoms with Crippen LogP contribution in [0.15, 0.2) is 29.8 Å². The summed E-state index contributed by atoms with van der Waals surface area (Å²) in [6, 6.07) is 10.9. The number of rotatable bonds is 2. The SMILES string of the molecule is CC(C)CN1C(=O)C(=C(C#N)C#N)c2ccccc21. The minimum atomic E-state index is -0.256. The maximum Gasteiger partial charge on any atom is 0.261 e. The molecule has 0 N–H and O–H groups in total. The Morgan fingerprint density at radius 3 is 2.47 bits per heavy atom. The molecule has 0 aliphatic carbocycles. The van der Waals surface area contributed by atoms with Gasteiger partial charge in [-0.1, -0.05) is 32.0 Å². The lowest BCUT2D eigenvalue weighted by Gasteiger charge is -2.19. The third kappa shape index (κ3) is 2.09. The van der Waals surface area contributed by atoms with E-state index in [2.05, 4.69) is 0 Å². The summed E-state index contributed by atoms with van der Waals surface area (Å²) in [5.74, 6) is 0.0528. The second-order valence-electron chi connectivity index (χ2n) is 4.80. The third-order valence-electron chi connectivity index (χ3n) is 2.94. The number of carbonyl (C=O) groups excluding carboxylic acids is 1. The van der Waals surface area contributed by atoms with Gasteiger partial charge in [0.05, 0.1) is 11.3 Å². The van der Waals surface area contributed by atoms with Crippen molar-refractivity contribution in [2.75, 3.05) is 11.4 Å². The Balaban J connectivity index is 2.64. The molecule has 0 saturated heterocycles. The Morgan fingerprint density at radius 1 is 1.26 bits per heavy atom. The minimum absolute atomic E-state index is 0.122. The van der Waals surface area contributed by atoms with Crippen molar-refractivity contribution in [3.8, 4) is 12.1 Å². The van der Waals surface area contributed by atoms with Gasteiger partial charge in [0, 0.05) is 12.1 Å². The monoisotopic (exact) mass is 251 g/mol. The molecule has 19 heavy (non-hydrogen) atoms. The van der Waals surface area contributed by atoms with Crippen LogP contribution in [0.4, 0.5) is 5.69 Å². The van der Waals surface area contributed by atoms with Gasteiger partial charge in [0.15, 0.2) is 0 Å². The molecular formula is C15H13N3O. The van der Waals surface area contributed by atoms with E-state index in [0.717, 1.165) is 5.69 Å². The average molecular weight is 251 g/mol. The predicted molar refractivity (Wildman–Crippen MR) is 71.8 cm³/mol. The number of hydrogen-bond donors (Lipinski definition) is 0. The molecule has 0 radical (unpaired) electrons. The molecule has 1 amide bonds. The molecule has 0 unspecified atom stereocenters. The van der Waals surface area contributed by atoms with Gasteiger partial charge in [-0.15, -0.1) is 0 Å². The normalized spacial score (nSPS) is 13.2. The van der Waals surface area contributed by atoms with Crippen molar-refractivity contribution < 1.29 is 4.79 Å². The molecule has 1 aromatic rings. The van der Waals surface area contributed by atoms with Crippen molar-refractivity contribution in [3.63, 3.8) is 0 Å². The Bertz CT molecular complexity index is 628. The number of hydrogen-bond acceptors (Lipinski definition) is 3. The molecule has 0 atom stereocenters. The molecule has 1 aliphatic rings. The van der Waals surface area contributed by atoms with Crippen LogP contribution in [0.1, 0.15) is 19.4 Å². The summed E-state index contributed by atoms with van der Waals surface area (Å²) in [5.41, 5.74) is 1.55. The first-order chi connectivity index (χ1) is 9.10. The second-order valence-corrected chi connectivity index (χ2v) is 4.80. The fraction of sp³-hybridized carbons (Fsp3) is 0.267. The highest BCUT2D eigenvalue weighted by Gasteiger charge is 2.34. The first kappa shape index (κ1) is 12.9.